The molecule has 0 bridgehead atoms. The van der Waals surface area contributed by atoms with Gasteiger partial charge >= 0.3 is 0 Å². The first kappa shape index (κ1) is 21.1. The zero-order valence-corrected chi connectivity index (χ0v) is 20.3. The fourth-order valence-electron chi connectivity index (χ4n) is 5.46. The molecule has 0 amide bonds. The molecule has 0 saturated carbocycles. The lowest BCUT2D eigenvalue weighted by molar-refractivity contribution is -0.111. The molecule has 0 aliphatic heterocycles. The summed E-state index contributed by atoms with van der Waals surface area (Å²) in [7, 11) is 0. The minimum absolute atomic E-state index is 0.0187. The van der Waals surface area contributed by atoms with Crippen LogP contribution >= 0.6 is 15.9 Å². The van der Waals surface area contributed by atoms with E-state index in [0.29, 0.717) is 0 Å². The molecule has 1 atom stereocenters. The molecule has 1 unspecified atom stereocenters. The van der Waals surface area contributed by atoms with Crippen LogP contribution in [0.15, 0.2) is 119 Å². The van der Waals surface area contributed by atoms with E-state index in [-0.39, 0.29) is 11.7 Å². The Morgan fingerprint density at radius 1 is 0.765 bits per heavy atom. The summed E-state index contributed by atoms with van der Waals surface area (Å²) in [5.74, 6) is 0.143. The summed E-state index contributed by atoms with van der Waals surface area (Å²) in [5, 5.41) is 0. The summed E-state index contributed by atoms with van der Waals surface area (Å²) in [4.78, 5) is 14.0. The maximum atomic E-state index is 14.0. The number of carbonyl (C=O) groups excluding carboxylic acids is 1. The number of hydrogen-bond donors (Lipinski definition) is 0. The molecule has 0 fully saturated rings. The molecule has 1 nitrogen and oxygen atoms in total. The van der Waals surface area contributed by atoms with Crippen molar-refractivity contribution in [1.29, 1.82) is 0 Å². The van der Waals surface area contributed by atoms with Crippen LogP contribution in [-0.2, 0) is 17.6 Å². The number of fused-ring (bicyclic) bond motifs is 4. The lowest BCUT2D eigenvalue weighted by atomic mass is 9.72. The second kappa shape index (κ2) is 8.70. The third-order valence-corrected chi connectivity index (χ3v) is 7.42. The van der Waals surface area contributed by atoms with Crippen LogP contribution in [0.1, 0.15) is 39.3 Å². The largest absolute Gasteiger partial charge is 0.290 e. The van der Waals surface area contributed by atoms with Crippen LogP contribution in [0.2, 0.25) is 0 Å². The van der Waals surface area contributed by atoms with Gasteiger partial charge in [0.05, 0.1) is 0 Å². The Kier molecular flexibility index (Phi) is 5.39. The molecule has 0 heterocycles. The number of benzene rings is 4. The number of carbonyl (C=O) groups is 1. The number of allylic oxidation sites excluding steroid dienone is 3. The zero-order valence-electron chi connectivity index (χ0n) is 18.7. The second-order valence-electron chi connectivity index (χ2n) is 9.00. The zero-order chi connectivity index (χ0) is 23.1. The normalized spacial score (nSPS) is 16.8. The first-order valence-electron chi connectivity index (χ1n) is 11.7. The van der Waals surface area contributed by atoms with E-state index in [9.17, 15) is 4.79 Å². The molecule has 0 N–H and O–H groups in total. The van der Waals surface area contributed by atoms with E-state index < -0.39 is 0 Å². The molecule has 2 aliphatic carbocycles. The van der Waals surface area contributed by atoms with Crippen LogP contribution in [0, 0.1) is 0 Å². The number of rotatable bonds is 3. The van der Waals surface area contributed by atoms with Gasteiger partial charge in [-0.3, -0.25) is 4.79 Å². The Bertz CT molecular complexity index is 1460. The minimum atomic E-state index is 0.0187. The molecular weight excluding hydrogens is 480 g/mol. The van der Waals surface area contributed by atoms with Crippen molar-refractivity contribution < 1.29 is 4.79 Å². The van der Waals surface area contributed by atoms with Gasteiger partial charge < -0.3 is 0 Å². The van der Waals surface area contributed by atoms with Crippen molar-refractivity contribution >= 4 is 32.9 Å². The van der Waals surface area contributed by atoms with E-state index in [2.05, 4.69) is 107 Å². The summed E-state index contributed by atoms with van der Waals surface area (Å²) >= 11 is 3.67. The van der Waals surface area contributed by atoms with E-state index in [0.717, 1.165) is 45.2 Å². The monoisotopic (exact) mass is 502 g/mol. The van der Waals surface area contributed by atoms with Crippen LogP contribution in [0.5, 0.6) is 0 Å². The van der Waals surface area contributed by atoms with Crippen molar-refractivity contribution in [2.24, 2.45) is 0 Å². The fraction of sp³-hybridized carbons (Fsp3) is 0.0938. The van der Waals surface area contributed by atoms with Crippen LogP contribution in [-0.4, -0.2) is 5.78 Å². The predicted molar refractivity (Wildman–Crippen MR) is 143 cm³/mol. The first-order chi connectivity index (χ1) is 16.7. The molecule has 0 radical (unpaired) electrons. The SMILES string of the molecule is O=C1C=C(Cc2ccccc2)c2ccccc2C2Cc3cc(Br)ccc3C(c3ccccc3)=C12. The Labute approximate surface area is 208 Å². The van der Waals surface area contributed by atoms with E-state index in [4.69, 9.17) is 0 Å². The van der Waals surface area contributed by atoms with E-state index in [1.54, 1.807) is 0 Å². The molecule has 0 aromatic heterocycles. The Morgan fingerprint density at radius 3 is 2.26 bits per heavy atom. The predicted octanol–water partition coefficient (Wildman–Crippen LogP) is 7.80. The highest BCUT2D eigenvalue weighted by Crippen LogP contribution is 2.47. The van der Waals surface area contributed by atoms with Gasteiger partial charge in [0.25, 0.3) is 0 Å². The number of ketones is 1. The summed E-state index contributed by atoms with van der Waals surface area (Å²) in [6.45, 7) is 0. The molecular formula is C32H23BrO. The number of halogens is 1. The van der Waals surface area contributed by atoms with Gasteiger partial charge in [-0.25, -0.2) is 0 Å². The molecule has 4 aromatic rings. The highest BCUT2D eigenvalue weighted by atomic mass is 79.9. The van der Waals surface area contributed by atoms with Crippen molar-refractivity contribution in [3.8, 4) is 0 Å². The van der Waals surface area contributed by atoms with E-state index >= 15 is 0 Å². The van der Waals surface area contributed by atoms with Gasteiger partial charge in [-0.1, -0.05) is 107 Å². The quantitative estimate of drug-likeness (QED) is 0.279. The summed E-state index contributed by atoms with van der Waals surface area (Å²) in [6, 6.07) is 35.8. The van der Waals surface area contributed by atoms with E-state index in [1.165, 1.54) is 22.3 Å². The maximum Gasteiger partial charge on any atom is 0.183 e. The Morgan fingerprint density at radius 2 is 1.47 bits per heavy atom. The molecule has 164 valence electrons. The summed E-state index contributed by atoms with van der Waals surface area (Å²) in [6.07, 6.45) is 3.45. The average Bonchev–Trinajstić information content (AvgIpc) is 2.98. The van der Waals surface area contributed by atoms with Gasteiger partial charge in [-0.2, -0.15) is 0 Å². The highest BCUT2D eigenvalue weighted by molar-refractivity contribution is 9.10. The Hall–Kier alpha value is -3.49. The minimum Gasteiger partial charge on any atom is -0.290 e. The topological polar surface area (TPSA) is 17.1 Å². The van der Waals surface area contributed by atoms with Gasteiger partial charge in [0.1, 0.15) is 0 Å². The standard InChI is InChI=1S/C32H23BrO/c33-25-15-16-27-24(18-25)19-29-28-14-8-7-13-26(28)23(17-21-9-3-1-4-10-21)20-30(34)32(29)31(27)22-11-5-2-6-12-22/h1-16,18,20,29H,17,19H2. The third-order valence-electron chi connectivity index (χ3n) is 6.93. The summed E-state index contributed by atoms with van der Waals surface area (Å²) in [5.41, 5.74) is 10.2. The molecule has 0 saturated heterocycles. The highest BCUT2D eigenvalue weighted by Gasteiger charge is 2.35. The van der Waals surface area contributed by atoms with Crippen LogP contribution in [0.4, 0.5) is 0 Å². The molecule has 34 heavy (non-hydrogen) atoms. The molecule has 6 rings (SSSR count). The number of hydrogen-bond acceptors (Lipinski definition) is 1. The van der Waals surface area contributed by atoms with Gasteiger partial charge in [0, 0.05) is 16.0 Å². The van der Waals surface area contributed by atoms with Crippen molar-refractivity contribution in [2.45, 2.75) is 18.8 Å². The molecule has 2 heteroatoms. The average molecular weight is 503 g/mol. The smallest absolute Gasteiger partial charge is 0.183 e. The first-order valence-corrected chi connectivity index (χ1v) is 12.4. The van der Waals surface area contributed by atoms with Crippen molar-refractivity contribution in [3.63, 3.8) is 0 Å². The lowest BCUT2D eigenvalue weighted by Gasteiger charge is -2.30. The van der Waals surface area contributed by atoms with Crippen LogP contribution in [0.3, 0.4) is 0 Å². The Balaban J connectivity index is 1.62. The summed E-state index contributed by atoms with van der Waals surface area (Å²) < 4.78 is 1.07. The van der Waals surface area contributed by atoms with Crippen LogP contribution in [0.25, 0.3) is 11.1 Å². The van der Waals surface area contributed by atoms with E-state index in [1.807, 2.05) is 18.2 Å². The van der Waals surface area contributed by atoms with Gasteiger partial charge in [0.2, 0.25) is 0 Å². The van der Waals surface area contributed by atoms with Crippen molar-refractivity contribution in [3.05, 3.63) is 153 Å². The van der Waals surface area contributed by atoms with Crippen molar-refractivity contribution in [1.82, 2.24) is 0 Å². The molecule has 4 aromatic carbocycles. The fourth-order valence-corrected chi connectivity index (χ4v) is 5.87. The maximum absolute atomic E-state index is 14.0. The lowest BCUT2D eigenvalue weighted by Crippen LogP contribution is -2.20. The third kappa shape index (κ3) is 3.69. The van der Waals surface area contributed by atoms with Gasteiger partial charge in [-0.05, 0) is 75.6 Å². The van der Waals surface area contributed by atoms with Crippen LogP contribution < -0.4 is 0 Å². The molecule has 0 spiro atoms. The molecule has 2 aliphatic rings. The van der Waals surface area contributed by atoms with Gasteiger partial charge in [0.15, 0.2) is 5.78 Å². The van der Waals surface area contributed by atoms with Crippen molar-refractivity contribution in [2.75, 3.05) is 0 Å². The second-order valence-corrected chi connectivity index (χ2v) is 9.91. The van der Waals surface area contributed by atoms with Gasteiger partial charge in [-0.15, -0.1) is 0 Å².